The number of carbonyl (C=O) groups is 2. The van der Waals surface area contributed by atoms with E-state index >= 15 is 0 Å². The maximum Gasteiger partial charge on any atom is 0.282 e. The van der Waals surface area contributed by atoms with Crippen molar-refractivity contribution in [2.75, 3.05) is 51.7 Å². The summed E-state index contributed by atoms with van der Waals surface area (Å²) in [5, 5.41) is 0. The molecule has 2 N–H and O–H groups in total. The van der Waals surface area contributed by atoms with E-state index in [-0.39, 0.29) is 5.91 Å². The number of rotatable bonds is 5. The number of benzene rings is 1. The van der Waals surface area contributed by atoms with Crippen molar-refractivity contribution in [1.29, 1.82) is 0 Å². The molecule has 1 aromatic carbocycles. The lowest BCUT2D eigenvalue weighted by Crippen LogP contribution is -2.55. The summed E-state index contributed by atoms with van der Waals surface area (Å²) < 4.78 is 27.4. The summed E-state index contributed by atoms with van der Waals surface area (Å²) >= 11 is 0. The van der Waals surface area contributed by atoms with E-state index in [1.165, 1.54) is 18.4 Å². The largest absolute Gasteiger partial charge is 0.368 e. The zero-order chi connectivity index (χ0) is 20.5. The van der Waals surface area contributed by atoms with Crippen molar-refractivity contribution in [3.05, 3.63) is 29.8 Å². The Hall–Kier alpha value is -2.17. The van der Waals surface area contributed by atoms with Crippen LogP contribution in [0.5, 0.6) is 0 Å². The highest BCUT2D eigenvalue weighted by atomic mass is 32.2. The highest BCUT2D eigenvalue weighted by molar-refractivity contribution is 7.86. The van der Waals surface area contributed by atoms with Gasteiger partial charge in [-0.3, -0.25) is 9.59 Å². The number of piperazine rings is 1. The maximum absolute atomic E-state index is 13.0. The normalized spacial score (nSPS) is 21.3. The quantitative estimate of drug-likeness (QED) is 0.719. The van der Waals surface area contributed by atoms with Crippen molar-refractivity contribution in [2.24, 2.45) is 5.73 Å². The molecule has 2 heterocycles. The van der Waals surface area contributed by atoms with Gasteiger partial charge in [0.15, 0.2) is 0 Å². The smallest absolute Gasteiger partial charge is 0.282 e. The Morgan fingerprint density at radius 2 is 1.64 bits per heavy atom. The van der Waals surface area contributed by atoms with Crippen LogP contribution < -0.4 is 10.6 Å². The Bertz CT molecular complexity index is 832. The molecular weight excluding hydrogens is 382 g/mol. The first-order valence-electron chi connectivity index (χ1n) is 9.34. The Morgan fingerprint density at radius 1 is 1.04 bits per heavy atom. The molecule has 2 aliphatic rings. The minimum absolute atomic E-state index is 0.119. The van der Waals surface area contributed by atoms with Crippen molar-refractivity contribution in [3.8, 4) is 0 Å². The zero-order valence-corrected chi connectivity index (χ0v) is 17.1. The minimum Gasteiger partial charge on any atom is -0.368 e. The van der Waals surface area contributed by atoms with Gasteiger partial charge in [0.25, 0.3) is 10.2 Å². The highest BCUT2D eigenvalue weighted by Gasteiger charge is 2.41. The van der Waals surface area contributed by atoms with Crippen LogP contribution in [-0.4, -0.2) is 86.6 Å². The number of hydrogen-bond acceptors (Lipinski definition) is 5. The summed E-state index contributed by atoms with van der Waals surface area (Å²) in [7, 11) is -0.636. The number of primary amides is 1. The highest BCUT2D eigenvalue weighted by Crippen LogP contribution is 2.25. The summed E-state index contributed by atoms with van der Waals surface area (Å²) in [4.78, 5) is 28.0. The first-order chi connectivity index (χ1) is 13.2. The van der Waals surface area contributed by atoms with Crippen LogP contribution in [0.15, 0.2) is 24.3 Å². The summed E-state index contributed by atoms with van der Waals surface area (Å²) in [6.07, 6.45) is 1.25. The van der Waals surface area contributed by atoms with Gasteiger partial charge in [-0.1, -0.05) is 0 Å². The SMILES string of the molecule is CN(C)S(=O)(=O)N1CCC[C@@H]1C(=O)N1CCN(c2ccc(C(N)=O)cc2)CC1. The fourth-order valence-electron chi connectivity index (χ4n) is 3.71. The van der Waals surface area contributed by atoms with Crippen molar-refractivity contribution in [1.82, 2.24) is 13.5 Å². The second-order valence-electron chi connectivity index (χ2n) is 7.28. The Balaban J connectivity index is 1.63. The predicted octanol–water partition coefficient (Wildman–Crippen LogP) is -0.295. The van der Waals surface area contributed by atoms with Gasteiger partial charge in [-0.25, -0.2) is 0 Å². The first kappa shape index (κ1) is 20.6. The Morgan fingerprint density at radius 3 is 2.18 bits per heavy atom. The van der Waals surface area contributed by atoms with Crippen LogP contribution in [0, 0.1) is 0 Å². The third-order valence-electron chi connectivity index (χ3n) is 5.35. The average molecular weight is 410 g/mol. The molecule has 154 valence electrons. The molecule has 0 aromatic heterocycles. The third-order valence-corrected chi connectivity index (χ3v) is 7.31. The lowest BCUT2D eigenvalue weighted by atomic mass is 10.1. The van der Waals surface area contributed by atoms with Gasteiger partial charge in [0.05, 0.1) is 0 Å². The van der Waals surface area contributed by atoms with E-state index in [0.29, 0.717) is 51.1 Å². The molecule has 2 aliphatic heterocycles. The monoisotopic (exact) mass is 409 g/mol. The summed E-state index contributed by atoms with van der Waals surface area (Å²) in [5.41, 5.74) is 6.69. The lowest BCUT2D eigenvalue weighted by molar-refractivity contribution is -0.135. The molecule has 28 heavy (non-hydrogen) atoms. The number of amides is 2. The number of nitrogens with zero attached hydrogens (tertiary/aromatic N) is 4. The Labute approximate surface area is 165 Å². The molecule has 9 nitrogen and oxygen atoms in total. The van der Waals surface area contributed by atoms with Gasteiger partial charge in [-0.15, -0.1) is 0 Å². The molecule has 10 heteroatoms. The number of nitrogens with two attached hydrogens (primary N) is 1. The molecular formula is C18H27N5O4S. The second-order valence-corrected chi connectivity index (χ2v) is 9.38. The molecule has 2 fully saturated rings. The minimum atomic E-state index is -3.60. The molecule has 0 spiro atoms. The topological polar surface area (TPSA) is 107 Å². The van der Waals surface area contributed by atoms with Crippen LogP contribution in [0.1, 0.15) is 23.2 Å². The van der Waals surface area contributed by atoms with Crippen molar-refractivity contribution in [3.63, 3.8) is 0 Å². The van der Waals surface area contributed by atoms with Gasteiger partial charge in [0.1, 0.15) is 6.04 Å². The van der Waals surface area contributed by atoms with Gasteiger partial charge in [-0.2, -0.15) is 17.0 Å². The van der Waals surface area contributed by atoms with E-state index in [0.717, 1.165) is 9.99 Å². The summed E-state index contributed by atoms with van der Waals surface area (Å²) in [5.74, 6) is -0.581. The van der Waals surface area contributed by atoms with E-state index in [1.807, 2.05) is 12.1 Å². The lowest BCUT2D eigenvalue weighted by Gasteiger charge is -2.38. The summed E-state index contributed by atoms with van der Waals surface area (Å²) in [6.45, 7) is 2.73. The number of anilines is 1. The van der Waals surface area contributed by atoms with E-state index in [9.17, 15) is 18.0 Å². The Kier molecular flexibility index (Phi) is 5.92. The predicted molar refractivity (Wildman–Crippen MR) is 106 cm³/mol. The molecule has 1 atom stereocenters. The van der Waals surface area contributed by atoms with Crippen molar-refractivity contribution >= 4 is 27.7 Å². The molecule has 2 amide bonds. The van der Waals surface area contributed by atoms with E-state index < -0.39 is 22.2 Å². The third kappa shape index (κ3) is 3.98. The number of carbonyl (C=O) groups excluding carboxylic acids is 2. The molecule has 0 bridgehead atoms. The van der Waals surface area contributed by atoms with Gasteiger partial charge in [0, 0.05) is 58.1 Å². The van der Waals surface area contributed by atoms with Crippen LogP contribution >= 0.6 is 0 Å². The fraction of sp³-hybridized carbons (Fsp3) is 0.556. The maximum atomic E-state index is 13.0. The molecule has 0 saturated carbocycles. The molecule has 0 aliphatic carbocycles. The van der Waals surface area contributed by atoms with Crippen LogP contribution in [0.4, 0.5) is 5.69 Å². The molecule has 0 unspecified atom stereocenters. The average Bonchev–Trinajstić information content (AvgIpc) is 3.18. The van der Waals surface area contributed by atoms with Crippen LogP contribution in [-0.2, 0) is 15.0 Å². The fourth-order valence-corrected chi connectivity index (χ4v) is 5.00. The van der Waals surface area contributed by atoms with Crippen molar-refractivity contribution < 1.29 is 18.0 Å². The molecule has 0 radical (unpaired) electrons. The van der Waals surface area contributed by atoms with Crippen LogP contribution in [0.3, 0.4) is 0 Å². The van der Waals surface area contributed by atoms with Crippen molar-refractivity contribution in [2.45, 2.75) is 18.9 Å². The van der Waals surface area contributed by atoms with E-state index in [4.69, 9.17) is 5.73 Å². The zero-order valence-electron chi connectivity index (χ0n) is 16.2. The van der Waals surface area contributed by atoms with Gasteiger partial charge in [0.2, 0.25) is 11.8 Å². The standard InChI is InChI=1S/C18H27N5O4S/c1-20(2)28(26,27)23-9-3-4-16(23)18(25)22-12-10-21(11-13-22)15-7-5-14(6-8-15)17(19)24/h5-8,16H,3-4,9-13H2,1-2H3,(H2,19,24)/t16-/m1/s1. The van der Waals surface area contributed by atoms with Gasteiger partial charge in [-0.05, 0) is 37.1 Å². The van der Waals surface area contributed by atoms with Crippen LogP contribution in [0.25, 0.3) is 0 Å². The van der Waals surface area contributed by atoms with Crippen LogP contribution in [0.2, 0.25) is 0 Å². The van der Waals surface area contributed by atoms with E-state index in [2.05, 4.69) is 4.90 Å². The summed E-state index contributed by atoms with van der Waals surface area (Å²) in [6, 6.07) is 6.46. The number of hydrogen-bond donors (Lipinski definition) is 1. The molecule has 2 saturated heterocycles. The molecule has 3 rings (SSSR count). The van der Waals surface area contributed by atoms with Gasteiger partial charge >= 0.3 is 0 Å². The molecule has 1 aromatic rings. The van der Waals surface area contributed by atoms with Gasteiger partial charge < -0.3 is 15.5 Å². The van der Waals surface area contributed by atoms with E-state index in [1.54, 1.807) is 17.0 Å². The second kappa shape index (κ2) is 8.06. The first-order valence-corrected chi connectivity index (χ1v) is 10.7.